The summed E-state index contributed by atoms with van der Waals surface area (Å²) in [6, 6.07) is 12.7. The highest BCUT2D eigenvalue weighted by Crippen LogP contribution is 2.31. The molecule has 0 spiro atoms. The third-order valence-corrected chi connectivity index (χ3v) is 4.19. The Kier molecular flexibility index (Phi) is 3.71. The van der Waals surface area contributed by atoms with Crippen LogP contribution in [0.2, 0.25) is 0 Å². The van der Waals surface area contributed by atoms with Crippen molar-refractivity contribution in [1.82, 2.24) is 0 Å². The standard InChI is InChI=1S/C16H18BrNO2/c1-16(2)19-9-11(10-20-16)18-15-8-7-14(17)12-5-3-4-6-13(12)15/h3-8,11,18H,9-10H2,1-2H3. The van der Waals surface area contributed by atoms with Gasteiger partial charge in [0.15, 0.2) is 5.79 Å². The summed E-state index contributed by atoms with van der Waals surface area (Å²) in [7, 11) is 0. The van der Waals surface area contributed by atoms with Crippen LogP contribution >= 0.6 is 15.9 Å². The monoisotopic (exact) mass is 335 g/mol. The first-order chi connectivity index (χ1) is 9.55. The van der Waals surface area contributed by atoms with E-state index in [0.29, 0.717) is 13.2 Å². The molecule has 106 valence electrons. The first kappa shape index (κ1) is 13.9. The highest BCUT2D eigenvalue weighted by atomic mass is 79.9. The van der Waals surface area contributed by atoms with Gasteiger partial charge in [-0.2, -0.15) is 0 Å². The van der Waals surface area contributed by atoms with E-state index in [-0.39, 0.29) is 6.04 Å². The highest BCUT2D eigenvalue weighted by Gasteiger charge is 2.28. The normalized spacial score (nSPS) is 19.1. The maximum Gasteiger partial charge on any atom is 0.162 e. The molecule has 0 bridgehead atoms. The van der Waals surface area contributed by atoms with Gasteiger partial charge in [0.05, 0.1) is 19.3 Å². The minimum absolute atomic E-state index is 0.174. The molecule has 1 fully saturated rings. The van der Waals surface area contributed by atoms with E-state index in [1.54, 1.807) is 0 Å². The van der Waals surface area contributed by atoms with Gasteiger partial charge in [-0.05, 0) is 31.4 Å². The van der Waals surface area contributed by atoms with Crippen molar-refractivity contribution < 1.29 is 9.47 Å². The van der Waals surface area contributed by atoms with Crippen LogP contribution in [0.15, 0.2) is 40.9 Å². The van der Waals surface area contributed by atoms with Crippen LogP contribution < -0.4 is 5.32 Å². The zero-order valence-corrected chi connectivity index (χ0v) is 13.2. The molecule has 1 aliphatic rings. The van der Waals surface area contributed by atoms with Crippen LogP contribution in [0.4, 0.5) is 5.69 Å². The number of anilines is 1. The second kappa shape index (κ2) is 5.35. The van der Waals surface area contributed by atoms with E-state index in [0.717, 1.165) is 10.2 Å². The van der Waals surface area contributed by atoms with E-state index in [4.69, 9.17) is 9.47 Å². The van der Waals surface area contributed by atoms with Gasteiger partial charge in [-0.15, -0.1) is 0 Å². The van der Waals surface area contributed by atoms with Crippen LogP contribution in [0.3, 0.4) is 0 Å². The van der Waals surface area contributed by atoms with E-state index >= 15 is 0 Å². The zero-order chi connectivity index (χ0) is 14.2. The largest absolute Gasteiger partial charge is 0.377 e. The predicted molar refractivity (Wildman–Crippen MR) is 85.0 cm³/mol. The summed E-state index contributed by atoms with van der Waals surface area (Å²) in [6.45, 7) is 5.19. The molecule has 0 unspecified atom stereocenters. The molecule has 1 aliphatic heterocycles. The number of halogens is 1. The third-order valence-electron chi connectivity index (χ3n) is 3.49. The van der Waals surface area contributed by atoms with Crippen molar-refractivity contribution in [3.05, 3.63) is 40.9 Å². The zero-order valence-electron chi connectivity index (χ0n) is 11.7. The summed E-state index contributed by atoms with van der Waals surface area (Å²) in [4.78, 5) is 0. The average Bonchev–Trinajstić information content (AvgIpc) is 2.44. The van der Waals surface area contributed by atoms with Crippen LogP contribution in [-0.2, 0) is 9.47 Å². The fraction of sp³-hybridized carbons (Fsp3) is 0.375. The summed E-state index contributed by atoms with van der Waals surface area (Å²) >= 11 is 3.59. The second-order valence-electron chi connectivity index (χ2n) is 5.50. The van der Waals surface area contributed by atoms with Gasteiger partial charge < -0.3 is 14.8 Å². The fourth-order valence-electron chi connectivity index (χ4n) is 2.38. The Morgan fingerprint density at radius 1 is 1.05 bits per heavy atom. The number of ether oxygens (including phenoxy) is 2. The van der Waals surface area contributed by atoms with Crippen molar-refractivity contribution in [2.45, 2.75) is 25.7 Å². The number of hydrogen-bond acceptors (Lipinski definition) is 3. The lowest BCUT2D eigenvalue weighted by Gasteiger charge is -2.35. The molecule has 0 saturated carbocycles. The first-order valence-electron chi connectivity index (χ1n) is 6.77. The molecule has 0 radical (unpaired) electrons. The minimum Gasteiger partial charge on any atom is -0.377 e. The highest BCUT2D eigenvalue weighted by molar-refractivity contribution is 9.10. The van der Waals surface area contributed by atoms with Crippen LogP contribution in [0, 0.1) is 0 Å². The Morgan fingerprint density at radius 3 is 2.40 bits per heavy atom. The van der Waals surface area contributed by atoms with Crippen LogP contribution in [0.25, 0.3) is 10.8 Å². The maximum atomic E-state index is 5.69. The van der Waals surface area contributed by atoms with Gasteiger partial charge in [0.25, 0.3) is 0 Å². The molecule has 3 nitrogen and oxygen atoms in total. The SMILES string of the molecule is CC1(C)OCC(Nc2ccc(Br)c3ccccc23)CO1. The number of rotatable bonds is 2. The summed E-state index contributed by atoms with van der Waals surface area (Å²) in [5.41, 5.74) is 1.11. The summed E-state index contributed by atoms with van der Waals surface area (Å²) in [5.74, 6) is -0.472. The Labute approximate surface area is 127 Å². The van der Waals surface area contributed by atoms with Gasteiger partial charge in [0, 0.05) is 15.5 Å². The topological polar surface area (TPSA) is 30.5 Å². The molecule has 0 aromatic heterocycles. The van der Waals surface area contributed by atoms with Crippen molar-refractivity contribution in [2.24, 2.45) is 0 Å². The third kappa shape index (κ3) is 2.82. The number of benzene rings is 2. The molecule has 2 aromatic carbocycles. The Hall–Kier alpha value is -1.10. The molecular weight excluding hydrogens is 318 g/mol. The lowest BCUT2D eigenvalue weighted by molar-refractivity contribution is -0.247. The first-order valence-corrected chi connectivity index (χ1v) is 7.56. The second-order valence-corrected chi connectivity index (χ2v) is 6.36. The molecule has 20 heavy (non-hydrogen) atoms. The molecule has 0 atom stereocenters. The van der Waals surface area contributed by atoms with Gasteiger partial charge in [-0.3, -0.25) is 0 Å². The van der Waals surface area contributed by atoms with Crippen molar-refractivity contribution in [3.63, 3.8) is 0 Å². The Balaban J connectivity index is 1.83. The maximum absolute atomic E-state index is 5.69. The summed E-state index contributed by atoms with van der Waals surface area (Å²) in [6.07, 6.45) is 0. The van der Waals surface area contributed by atoms with E-state index < -0.39 is 5.79 Å². The van der Waals surface area contributed by atoms with Crippen molar-refractivity contribution >= 4 is 32.4 Å². The van der Waals surface area contributed by atoms with Crippen molar-refractivity contribution in [1.29, 1.82) is 0 Å². The average molecular weight is 336 g/mol. The van der Waals surface area contributed by atoms with Gasteiger partial charge in [-0.1, -0.05) is 40.2 Å². The minimum atomic E-state index is -0.472. The van der Waals surface area contributed by atoms with Crippen LogP contribution in [0.1, 0.15) is 13.8 Å². The van der Waals surface area contributed by atoms with Crippen LogP contribution in [-0.4, -0.2) is 25.0 Å². The van der Waals surface area contributed by atoms with Gasteiger partial charge >= 0.3 is 0 Å². The van der Waals surface area contributed by atoms with Crippen molar-refractivity contribution in [3.8, 4) is 0 Å². The lowest BCUT2D eigenvalue weighted by atomic mass is 10.1. The smallest absolute Gasteiger partial charge is 0.162 e. The number of nitrogens with one attached hydrogen (secondary N) is 1. The fourth-order valence-corrected chi connectivity index (χ4v) is 2.86. The molecule has 2 aromatic rings. The van der Waals surface area contributed by atoms with Crippen molar-refractivity contribution in [2.75, 3.05) is 18.5 Å². The van der Waals surface area contributed by atoms with E-state index in [2.05, 4.69) is 51.6 Å². The summed E-state index contributed by atoms with van der Waals surface area (Å²) < 4.78 is 12.5. The molecule has 4 heteroatoms. The van der Waals surface area contributed by atoms with Crippen LogP contribution in [0.5, 0.6) is 0 Å². The molecule has 1 N–H and O–H groups in total. The lowest BCUT2D eigenvalue weighted by Crippen LogP contribution is -2.45. The van der Waals surface area contributed by atoms with E-state index in [1.807, 2.05) is 19.9 Å². The Morgan fingerprint density at radius 2 is 1.70 bits per heavy atom. The van der Waals surface area contributed by atoms with E-state index in [9.17, 15) is 0 Å². The van der Waals surface area contributed by atoms with Gasteiger partial charge in [0.2, 0.25) is 0 Å². The number of fused-ring (bicyclic) bond motifs is 1. The molecular formula is C16H18BrNO2. The molecule has 1 heterocycles. The van der Waals surface area contributed by atoms with E-state index in [1.165, 1.54) is 10.8 Å². The molecule has 0 aliphatic carbocycles. The molecule has 1 saturated heterocycles. The van der Waals surface area contributed by atoms with Gasteiger partial charge in [-0.25, -0.2) is 0 Å². The quantitative estimate of drug-likeness (QED) is 0.893. The van der Waals surface area contributed by atoms with Gasteiger partial charge in [0.1, 0.15) is 0 Å². The molecule has 0 amide bonds. The predicted octanol–water partition coefficient (Wildman–Crippen LogP) is 4.17. The Bertz CT molecular complexity index is 617. The molecule has 3 rings (SSSR count). The number of hydrogen-bond donors (Lipinski definition) is 1. The summed E-state index contributed by atoms with van der Waals surface area (Å²) in [5, 5.41) is 5.92.